The molecule has 1 aliphatic heterocycles. The third kappa shape index (κ3) is 1.63. The van der Waals surface area contributed by atoms with Crippen molar-refractivity contribution < 1.29 is 13.2 Å². The molecule has 0 aromatic heterocycles. The second kappa shape index (κ2) is 3.37. The molecule has 1 aromatic rings. The first kappa shape index (κ1) is 10.2. The average Bonchev–Trinajstić information content (AvgIpc) is 2.47. The Morgan fingerprint density at radius 1 is 1.36 bits per heavy atom. The highest BCUT2D eigenvalue weighted by Crippen LogP contribution is 2.39. The number of rotatable bonds is 0. The second-order valence-corrected chi connectivity index (χ2v) is 4.33. The summed E-state index contributed by atoms with van der Waals surface area (Å²) < 4.78 is 38.4. The van der Waals surface area contributed by atoms with Crippen molar-refractivity contribution in [1.29, 1.82) is 0 Å². The lowest BCUT2D eigenvalue weighted by Crippen LogP contribution is -2.28. The Morgan fingerprint density at radius 2 is 2.07 bits per heavy atom. The van der Waals surface area contributed by atoms with Crippen molar-refractivity contribution in [1.82, 2.24) is 5.32 Å². The summed E-state index contributed by atoms with van der Waals surface area (Å²) in [6.45, 7) is 0.304. The van der Waals surface area contributed by atoms with Crippen molar-refractivity contribution in [2.45, 2.75) is 18.8 Å². The Bertz CT molecular complexity index is 362. The molecule has 0 radical (unpaired) electrons. The van der Waals surface area contributed by atoms with Crippen LogP contribution in [0.5, 0.6) is 0 Å². The number of nitrogens with one attached hydrogen (secondary N) is 1. The van der Waals surface area contributed by atoms with Gasteiger partial charge in [0.1, 0.15) is 6.04 Å². The smallest absolute Gasteiger partial charge is 0.298 e. The van der Waals surface area contributed by atoms with E-state index in [-0.39, 0.29) is 0 Å². The van der Waals surface area contributed by atoms with Crippen LogP contribution < -0.4 is 5.32 Å². The van der Waals surface area contributed by atoms with Gasteiger partial charge in [0.15, 0.2) is 0 Å². The van der Waals surface area contributed by atoms with Crippen LogP contribution in [0, 0.1) is 3.57 Å². The minimum Gasteiger partial charge on any atom is -0.298 e. The van der Waals surface area contributed by atoms with Crippen LogP contribution in [0.2, 0.25) is 0 Å². The number of fused-ring (bicyclic) bond motifs is 1. The standard InChI is InChI=1S/C9H7F3IN/c10-9(11,12)8-5-2-1-3-7(13)6(5)4-14-8/h1-3,8,14H,4H2/t8-/m1/s1. The van der Waals surface area contributed by atoms with Crippen molar-refractivity contribution in [2.24, 2.45) is 0 Å². The van der Waals surface area contributed by atoms with Gasteiger partial charge in [-0.2, -0.15) is 13.2 Å². The van der Waals surface area contributed by atoms with Crippen LogP contribution in [-0.2, 0) is 6.54 Å². The summed E-state index contributed by atoms with van der Waals surface area (Å²) in [6, 6.07) is 3.52. The van der Waals surface area contributed by atoms with Crippen LogP contribution in [0.25, 0.3) is 0 Å². The van der Waals surface area contributed by atoms with Crippen LogP contribution in [0.3, 0.4) is 0 Å². The van der Waals surface area contributed by atoms with E-state index in [9.17, 15) is 13.2 Å². The quantitative estimate of drug-likeness (QED) is 0.726. The average molecular weight is 313 g/mol. The highest BCUT2D eigenvalue weighted by atomic mass is 127. The first-order chi connectivity index (χ1) is 6.50. The van der Waals surface area contributed by atoms with Gasteiger partial charge in [0, 0.05) is 10.1 Å². The van der Waals surface area contributed by atoms with E-state index >= 15 is 0 Å². The number of halogens is 4. The molecule has 2 rings (SSSR count). The summed E-state index contributed by atoms with van der Waals surface area (Å²) in [5.74, 6) is 0. The Labute approximate surface area is 92.8 Å². The fourth-order valence-corrected chi connectivity index (χ4v) is 2.35. The Kier molecular flexibility index (Phi) is 2.46. The van der Waals surface area contributed by atoms with Gasteiger partial charge >= 0.3 is 6.18 Å². The molecule has 1 nitrogen and oxygen atoms in total. The van der Waals surface area contributed by atoms with E-state index in [1.165, 1.54) is 6.07 Å². The maximum Gasteiger partial charge on any atom is 0.407 e. The monoisotopic (exact) mass is 313 g/mol. The maximum absolute atomic E-state index is 12.5. The molecule has 0 unspecified atom stereocenters. The molecule has 1 aromatic carbocycles. The van der Waals surface area contributed by atoms with Crippen LogP contribution in [0.4, 0.5) is 13.2 Å². The van der Waals surface area contributed by atoms with Gasteiger partial charge < -0.3 is 0 Å². The van der Waals surface area contributed by atoms with E-state index in [2.05, 4.69) is 27.9 Å². The molecule has 0 aliphatic carbocycles. The molecule has 14 heavy (non-hydrogen) atoms. The van der Waals surface area contributed by atoms with E-state index in [1.54, 1.807) is 6.07 Å². The predicted octanol–water partition coefficient (Wildman–Crippen LogP) is 3.00. The molecule has 5 heteroatoms. The minimum absolute atomic E-state index is 0.304. The Hall–Kier alpha value is -0.300. The van der Waals surface area contributed by atoms with Crippen molar-refractivity contribution in [3.8, 4) is 0 Å². The first-order valence-corrected chi connectivity index (χ1v) is 5.15. The van der Waals surface area contributed by atoms with Crippen molar-refractivity contribution in [2.75, 3.05) is 0 Å². The van der Waals surface area contributed by atoms with Gasteiger partial charge in [-0.1, -0.05) is 12.1 Å². The highest BCUT2D eigenvalue weighted by molar-refractivity contribution is 14.1. The summed E-state index contributed by atoms with van der Waals surface area (Å²) in [7, 11) is 0. The van der Waals surface area contributed by atoms with Crippen LogP contribution >= 0.6 is 22.6 Å². The van der Waals surface area contributed by atoms with Gasteiger partial charge in [0.2, 0.25) is 0 Å². The lowest BCUT2D eigenvalue weighted by atomic mass is 10.1. The summed E-state index contributed by atoms with van der Waals surface area (Å²) in [6.07, 6.45) is -4.20. The maximum atomic E-state index is 12.5. The molecule has 1 N–H and O–H groups in total. The van der Waals surface area contributed by atoms with Gasteiger partial charge in [-0.15, -0.1) is 0 Å². The van der Waals surface area contributed by atoms with Gasteiger partial charge in [0.05, 0.1) is 0 Å². The van der Waals surface area contributed by atoms with Crippen LogP contribution in [0.15, 0.2) is 18.2 Å². The molecule has 0 bridgehead atoms. The summed E-state index contributed by atoms with van der Waals surface area (Å²) in [5.41, 5.74) is 1.14. The molecule has 0 amide bonds. The van der Waals surface area contributed by atoms with E-state index in [0.717, 1.165) is 9.13 Å². The zero-order valence-electron chi connectivity index (χ0n) is 7.03. The van der Waals surface area contributed by atoms with Gasteiger partial charge in [-0.25, -0.2) is 0 Å². The zero-order chi connectivity index (χ0) is 10.3. The van der Waals surface area contributed by atoms with E-state index in [1.807, 2.05) is 6.07 Å². The lowest BCUT2D eigenvalue weighted by Gasteiger charge is -2.15. The predicted molar refractivity (Wildman–Crippen MR) is 54.8 cm³/mol. The molecule has 76 valence electrons. The number of hydrogen-bond acceptors (Lipinski definition) is 1. The van der Waals surface area contributed by atoms with Crippen LogP contribution in [-0.4, -0.2) is 6.18 Å². The largest absolute Gasteiger partial charge is 0.407 e. The third-order valence-corrected chi connectivity index (χ3v) is 3.29. The fraction of sp³-hybridized carbons (Fsp3) is 0.333. The Balaban J connectivity index is 2.45. The SMILES string of the molecule is FC(F)(F)[C@@H]1NCc2c(I)cccc21. The normalized spacial score (nSPS) is 21.0. The molecule has 0 saturated heterocycles. The fourth-order valence-electron chi connectivity index (χ4n) is 1.64. The van der Waals surface area contributed by atoms with Crippen LogP contribution in [0.1, 0.15) is 17.2 Å². The molecular formula is C9H7F3IN. The molecular weight excluding hydrogens is 306 g/mol. The summed E-state index contributed by atoms with van der Waals surface area (Å²) in [5, 5.41) is 2.47. The van der Waals surface area contributed by atoms with E-state index in [0.29, 0.717) is 12.1 Å². The third-order valence-electron chi connectivity index (χ3n) is 2.28. The molecule has 1 atom stereocenters. The van der Waals surface area contributed by atoms with Gasteiger partial charge in [-0.3, -0.25) is 5.32 Å². The minimum atomic E-state index is -4.20. The number of hydrogen-bond donors (Lipinski definition) is 1. The second-order valence-electron chi connectivity index (χ2n) is 3.16. The van der Waals surface area contributed by atoms with Gasteiger partial charge in [-0.05, 0) is 39.8 Å². The first-order valence-electron chi connectivity index (χ1n) is 4.07. The lowest BCUT2D eigenvalue weighted by molar-refractivity contribution is -0.155. The molecule has 1 heterocycles. The van der Waals surface area contributed by atoms with Crippen molar-refractivity contribution in [3.05, 3.63) is 32.9 Å². The number of alkyl halides is 3. The topological polar surface area (TPSA) is 12.0 Å². The highest BCUT2D eigenvalue weighted by Gasteiger charge is 2.44. The van der Waals surface area contributed by atoms with Crippen molar-refractivity contribution >= 4 is 22.6 Å². The molecule has 0 saturated carbocycles. The molecule has 1 aliphatic rings. The number of benzene rings is 1. The summed E-state index contributed by atoms with van der Waals surface area (Å²) >= 11 is 2.06. The van der Waals surface area contributed by atoms with E-state index in [4.69, 9.17) is 0 Å². The Morgan fingerprint density at radius 3 is 2.71 bits per heavy atom. The molecule has 0 fully saturated rings. The van der Waals surface area contributed by atoms with Gasteiger partial charge in [0.25, 0.3) is 0 Å². The molecule has 0 spiro atoms. The zero-order valence-corrected chi connectivity index (χ0v) is 9.19. The van der Waals surface area contributed by atoms with Crippen molar-refractivity contribution in [3.63, 3.8) is 0 Å². The van der Waals surface area contributed by atoms with E-state index < -0.39 is 12.2 Å². The summed E-state index contributed by atoms with van der Waals surface area (Å²) in [4.78, 5) is 0.